The summed E-state index contributed by atoms with van der Waals surface area (Å²) in [5.74, 6) is 0.797. The molecule has 64 valence electrons. The van der Waals surface area contributed by atoms with Crippen molar-refractivity contribution in [3.8, 4) is 0 Å². The van der Waals surface area contributed by atoms with Crippen molar-refractivity contribution in [3.63, 3.8) is 0 Å². The van der Waals surface area contributed by atoms with E-state index in [1.165, 1.54) is 25.7 Å². The maximum Gasteiger partial charge on any atom is -0.00874 e. The Balaban J connectivity index is 2.70. The highest BCUT2D eigenvalue weighted by atomic mass is 31.0. The van der Waals surface area contributed by atoms with Crippen LogP contribution in [0.1, 0.15) is 39.5 Å². The maximum absolute atomic E-state index is 3.07. The molecule has 0 radical (unpaired) electrons. The fraction of sp³-hybridized carbons (Fsp3) is 0.800. The summed E-state index contributed by atoms with van der Waals surface area (Å²) in [7, 11) is 3.07. The molecule has 1 rings (SSSR count). The quantitative estimate of drug-likeness (QED) is 0.440. The summed E-state index contributed by atoms with van der Waals surface area (Å²) in [5, 5.41) is 0.517. The Morgan fingerprint density at radius 1 is 1.55 bits per heavy atom. The van der Waals surface area contributed by atoms with Crippen LogP contribution in [0.25, 0.3) is 0 Å². The molecule has 0 aromatic rings. The van der Waals surface area contributed by atoms with Gasteiger partial charge in [0.05, 0.1) is 0 Å². The van der Waals surface area contributed by atoms with E-state index in [0.29, 0.717) is 5.16 Å². The summed E-state index contributed by atoms with van der Waals surface area (Å²) >= 11 is 0. The molecule has 0 fully saturated rings. The molecule has 2 unspecified atom stereocenters. The second-order valence-electron chi connectivity index (χ2n) is 3.57. The highest BCUT2D eigenvalue weighted by molar-refractivity contribution is 7.19. The summed E-state index contributed by atoms with van der Waals surface area (Å²) in [4.78, 5) is 0. The summed E-state index contributed by atoms with van der Waals surface area (Å²) in [5.41, 5.74) is 0. The molecule has 0 aromatic carbocycles. The third kappa shape index (κ3) is 1.85. The Hall–Kier alpha value is 0.170. The largest absolute Gasteiger partial charge is 0.130 e. The summed E-state index contributed by atoms with van der Waals surface area (Å²) in [6, 6.07) is 0. The summed E-state index contributed by atoms with van der Waals surface area (Å²) in [6.07, 6.45) is 9.94. The smallest absolute Gasteiger partial charge is 0.00874 e. The van der Waals surface area contributed by atoms with Gasteiger partial charge in [-0.05, 0) is 36.8 Å². The molecule has 11 heavy (non-hydrogen) atoms. The SMILES string of the molecule is CCC1C=CCC[C@]1(P)CC. The van der Waals surface area contributed by atoms with Gasteiger partial charge in [0.1, 0.15) is 0 Å². The van der Waals surface area contributed by atoms with Gasteiger partial charge in [-0.15, -0.1) is 9.24 Å². The van der Waals surface area contributed by atoms with Crippen LogP contribution in [0.15, 0.2) is 12.2 Å². The van der Waals surface area contributed by atoms with Crippen molar-refractivity contribution in [3.05, 3.63) is 12.2 Å². The second-order valence-corrected chi connectivity index (χ2v) is 4.72. The van der Waals surface area contributed by atoms with Crippen molar-refractivity contribution >= 4 is 9.24 Å². The van der Waals surface area contributed by atoms with Crippen molar-refractivity contribution in [1.29, 1.82) is 0 Å². The van der Waals surface area contributed by atoms with Gasteiger partial charge in [-0.2, -0.15) is 0 Å². The lowest BCUT2D eigenvalue weighted by Crippen LogP contribution is -2.30. The van der Waals surface area contributed by atoms with E-state index in [4.69, 9.17) is 0 Å². The predicted octanol–water partition coefficient (Wildman–Crippen LogP) is 3.39. The van der Waals surface area contributed by atoms with Crippen molar-refractivity contribution < 1.29 is 0 Å². The highest BCUT2D eigenvalue weighted by Crippen LogP contribution is 2.41. The third-order valence-electron chi connectivity index (χ3n) is 2.98. The molecule has 0 heterocycles. The van der Waals surface area contributed by atoms with Gasteiger partial charge >= 0.3 is 0 Å². The Kier molecular flexibility index (Phi) is 3.13. The van der Waals surface area contributed by atoms with Crippen LogP contribution in [0.2, 0.25) is 0 Å². The minimum absolute atomic E-state index is 0.517. The molecule has 0 nitrogen and oxygen atoms in total. The molecule has 0 aliphatic heterocycles. The molecule has 1 aliphatic rings. The summed E-state index contributed by atoms with van der Waals surface area (Å²) in [6.45, 7) is 4.59. The van der Waals surface area contributed by atoms with Crippen LogP contribution in [-0.4, -0.2) is 5.16 Å². The van der Waals surface area contributed by atoms with E-state index in [2.05, 4.69) is 35.2 Å². The van der Waals surface area contributed by atoms with E-state index < -0.39 is 0 Å². The van der Waals surface area contributed by atoms with Gasteiger partial charge in [-0.25, -0.2) is 0 Å². The molecular formula is C10H19P. The normalized spacial score (nSPS) is 37.5. The second kappa shape index (κ2) is 3.72. The Morgan fingerprint density at radius 3 is 2.73 bits per heavy atom. The fourth-order valence-electron chi connectivity index (χ4n) is 1.97. The van der Waals surface area contributed by atoms with Crippen LogP contribution in [0.4, 0.5) is 0 Å². The first-order valence-corrected chi connectivity index (χ1v) is 5.26. The zero-order valence-corrected chi connectivity index (χ0v) is 8.79. The molecule has 0 N–H and O–H groups in total. The van der Waals surface area contributed by atoms with Gasteiger partial charge in [0.25, 0.3) is 0 Å². The Labute approximate surface area is 72.7 Å². The fourth-order valence-corrected chi connectivity index (χ4v) is 2.48. The van der Waals surface area contributed by atoms with E-state index in [1.807, 2.05) is 0 Å². The number of hydrogen-bond acceptors (Lipinski definition) is 0. The van der Waals surface area contributed by atoms with E-state index >= 15 is 0 Å². The van der Waals surface area contributed by atoms with E-state index in [0.717, 1.165) is 5.92 Å². The van der Waals surface area contributed by atoms with Crippen molar-refractivity contribution in [2.75, 3.05) is 0 Å². The molecule has 0 amide bonds. The third-order valence-corrected chi connectivity index (χ3v) is 4.11. The van der Waals surface area contributed by atoms with E-state index in [9.17, 15) is 0 Å². The van der Waals surface area contributed by atoms with Gasteiger partial charge in [0.2, 0.25) is 0 Å². The number of hydrogen-bond donors (Lipinski definition) is 0. The van der Waals surface area contributed by atoms with Crippen molar-refractivity contribution in [2.24, 2.45) is 5.92 Å². The number of rotatable bonds is 2. The van der Waals surface area contributed by atoms with Gasteiger partial charge in [0.15, 0.2) is 0 Å². The number of allylic oxidation sites excluding steroid dienone is 2. The van der Waals surface area contributed by atoms with Crippen LogP contribution in [0, 0.1) is 5.92 Å². The molecule has 0 spiro atoms. The lowest BCUT2D eigenvalue weighted by Gasteiger charge is -2.37. The van der Waals surface area contributed by atoms with Crippen LogP contribution in [0.3, 0.4) is 0 Å². The average molecular weight is 170 g/mol. The van der Waals surface area contributed by atoms with Crippen LogP contribution < -0.4 is 0 Å². The van der Waals surface area contributed by atoms with Gasteiger partial charge in [-0.3, -0.25) is 0 Å². The topological polar surface area (TPSA) is 0 Å². The molecule has 0 bridgehead atoms. The predicted molar refractivity (Wildman–Crippen MR) is 54.9 cm³/mol. The first-order chi connectivity index (χ1) is 5.23. The molecule has 0 saturated heterocycles. The standard InChI is InChI=1S/C10H19P/c1-3-9-7-5-6-8-10(9,11)4-2/h5,7,9H,3-4,6,8,11H2,1-2H3/t9?,10-/m1/s1. The molecule has 1 heteroatoms. The van der Waals surface area contributed by atoms with Gasteiger partial charge in [-0.1, -0.05) is 26.0 Å². The van der Waals surface area contributed by atoms with Crippen LogP contribution in [0.5, 0.6) is 0 Å². The monoisotopic (exact) mass is 170 g/mol. The highest BCUT2D eigenvalue weighted by Gasteiger charge is 2.30. The lowest BCUT2D eigenvalue weighted by molar-refractivity contribution is 0.381. The van der Waals surface area contributed by atoms with E-state index in [1.54, 1.807) is 0 Å². The zero-order chi connectivity index (χ0) is 8.32. The Bertz CT molecular complexity index is 151. The van der Waals surface area contributed by atoms with E-state index in [-0.39, 0.29) is 0 Å². The zero-order valence-electron chi connectivity index (χ0n) is 7.64. The molecule has 1 aliphatic carbocycles. The lowest BCUT2D eigenvalue weighted by atomic mass is 9.80. The van der Waals surface area contributed by atoms with Crippen molar-refractivity contribution in [1.82, 2.24) is 0 Å². The molecule has 0 aromatic heterocycles. The first-order valence-electron chi connectivity index (χ1n) is 4.68. The van der Waals surface area contributed by atoms with Gasteiger partial charge in [0, 0.05) is 0 Å². The van der Waals surface area contributed by atoms with Crippen molar-refractivity contribution in [2.45, 2.75) is 44.7 Å². The van der Waals surface area contributed by atoms with Crippen LogP contribution in [-0.2, 0) is 0 Å². The van der Waals surface area contributed by atoms with Gasteiger partial charge < -0.3 is 0 Å². The van der Waals surface area contributed by atoms with Crippen LogP contribution >= 0.6 is 9.24 Å². The minimum atomic E-state index is 0.517. The minimum Gasteiger partial charge on any atom is -0.130 e. The molecule has 3 atom stereocenters. The Morgan fingerprint density at radius 2 is 2.27 bits per heavy atom. The average Bonchev–Trinajstić information content (AvgIpc) is 2.05. The maximum atomic E-state index is 3.07. The summed E-state index contributed by atoms with van der Waals surface area (Å²) < 4.78 is 0. The molecule has 0 saturated carbocycles. The molecular weight excluding hydrogens is 151 g/mol. The first kappa shape index (κ1) is 9.26.